The average Bonchev–Trinajstić information content (AvgIpc) is 2.84. The van der Waals surface area contributed by atoms with Crippen LogP contribution < -0.4 is 10.2 Å². The fraction of sp³-hybridized carbons (Fsp3) is 0.444. The van der Waals surface area contributed by atoms with Crippen LogP contribution in [0.2, 0.25) is 0 Å². The number of nitrogens with one attached hydrogen (secondary N) is 1. The molecule has 1 amide bonds. The molecule has 0 saturated heterocycles. The van der Waals surface area contributed by atoms with Gasteiger partial charge < -0.3 is 5.32 Å². The Labute approximate surface area is 139 Å². The van der Waals surface area contributed by atoms with Crippen LogP contribution >= 0.6 is 11.3 Å². The number of thiazole rings is 1. The Hall–Kier alpha value is -1.88. The first kappa shape index (κ1) is 16.0. The molecule has 0 spiro atoms. The highest BCUT2D eigenvalue weighted by atomic mass is 32.1. The topological polar surface area (TPSA) is 51.1 Å². The summed E-state index contributed by atoms with van der Waals surface area (Å²) in [5, 5.41) is 2.98. The van der Waals surface area contributed by atoms with Crippen molar-refractivity contribution in [2.45, 2.75) is 45.1 Å². The fourth-order valence-electron chi connectivity index (χ4n) is 3.31. The first-order valence-electron chi connectivity index (χ1n) is 8.21. The lowest BCUT2D eigenvalue weighted by molar-refractivity contribution is -0.117. The monoisotopic (exact) mass is 330 g/mol. The second kappa shape index (κ2) is 7.13. The van der Waals surface area contributed by atoms with Crippen molar-refractivity contribution in [2.24, 2.45) is 5.92 Å². The largest absolute Gasteiger partial charge is 0.326 e. The molecule has 23 heavy (non-hydrogen) atoms. The van der Waals surface area contributed by atoms with Crippen LogP contribution in [0.15, 0.2) is 35.6 Å². The van der Waals surface area contributed by atoms with Gasteiger partial charge >= 0.3 is 4.87 Å². The van der Waals surface area contributed by atoms with E-state index in [1.54, 1.807) is 10.6 Å². The maximum Gasteiger partial charge on any atom is 0.308 e. The van der Waals surface area contributed by atoms with E-state index in [2.05, 4.69) is 11.9 Å². The number of amides is 1. The first-order chi connectivity index (χ1) is 11.2. The van der Waals surface area contributed by atoms with Crippen LogP contribution in [0, 0.1) is 5.92 Å². The van der Waals surface area contributed by atoms with Gasteiger partial charge in [0, 0.05) is 18.7 Å². The number of hydrogen-bond donors (Lipinski definition) is 1. The van der Waals surface area contributed by atoms with Crippen molar-refractivity contribution in [3.05, 3.63) is 40.5 Å². The minimum absolute atomic E-state index is 0.00517. The van der Waals surface area contributed by atoms with Gasteiger partial charge in [-0.2, -0.15) is 0 Å². The van der Waals surface area contributed by atoms with E-state index in [1.165, 1.54) is 43.4 Å². The Morgan fingerprint density at radius 2 is 2.13 bits per heavy atom. The van der Waals surface area contributed by atoms with Crippen molar-refractivity contribution >= 4 is 33.1 Å². The van der Waals surface area contributed by atoms with E-state index in [0.717, 1.165) is 15.9 Å². The molecular formula is C18H22N2O2S. The average molecular weight is 330 g/mol. The predicted octanol–water partition coefficient (Wildman–Crippen LogP) is 4.16. The third-order valence-corrected chi connectivity index (χ3v) is 5.40. The van der Waals surface area contributed by atoms with Crippen LogP contribution in [0.3, 0.4) is 0 Å². The van der Waals surface area contributed by atoms with Gasteiger partial charge in [-0.25, -0.2) is 0 Å². The molecule has 1 aromatic heterocycles. The van der Waals surface area contributed by atoms with Crippen molar-refractivity contribution < 1.29 is 4.79 Å². The van der Waals surface area contributed by atoms with E-state index in [0.29, 0.717) is 18.9 Å². The van der Waals surface area contributed by atoms with Crippen LogP contribution in [-0.2, 0) is 11.3 Å². The molecule has 1 saturated carbocycles. The molecule has 1 aliphatic rings. The molecule has 4 nitrogen and oxygen atoms in total. The molecule has 122 valence electrons. The molecule has 3 rings (SSSR count). The number of hydrogen-bond acceptors (Lipinski definition) is 3. The highest BCUT2D eigenvalue weighted by molar-refractivity contribution is 7.16. The first-order valence-corrected chi connectivity index (χ1v) is 9.03. The summed E-state index contributed by atoms with van der Waals surface area (Å²) >= 11 is 1.20. The Bertz CT molecular complexity index is 769. The van der Waals surface area contributed by atoms with Crippen molar-refractivity contribution in [1.82, 2.24) is 4.57 Å². The number of carbonyl (C=O) groups excluding carboxylic acids is 1. The molecule has 5 heteroatoms. The summed E-state index contributed by atoms with van der Waals surface area (Å²) in [6.07, 6.45) is 8.44. The van der Waals surface area contributed by atoms with E-state index in [9.17, 15) is 9.59 Å². The number of carbonyl (C=O) groups is 1. The number of anilines is 1. The second-order valence-electron chi connectivity index (χ2n) is 6.21. The Morgan fingerprint density at radius 3 is 2.87 bits per heavy atom. The molecule has 0 aliphatic heterocycles. The molecule has 1 heterocycles. The summed E-state index contributed by atoms with van der Waals surface area (Å²) in [6.45, 7) is 4.19. The quantitative estimate of drug-likeness (QED) is 0.837. The SMILES string of the molecule is C=CCn1c(=O)sc2cc(NC(=O)CC3CCCCC3)ccc21. The minimum atomic E-state index is 0.00517. The van der Waals surface area contributed by atoms with Gasteiger partial charge in [-0.05, 0) is 37.0 Å². The maximum atomic E-state index is 12.2. The normalized spacial score (nSPS) is 15.7. The molecule has 0 atom stereocenters. The van der Waals surface area contributed by atoms with Gasteiger partial charge in [-0.15, -0.1) is 6.58 Å². The molecule has 1 aromatic carbocycles. The lowest BCUT2D eigenvalue weighted by Crippen LogP contribution is -2.18. The third-order valence-electron chi connectivity index (χ3n) is 4.46. The molecule has 0 radical (unpaired) electrons. The van der Waals surface area contributed by atoms with Crippen molar-refractivity contribution in [2.75, 3.05) is 5.32 Å². The molecule has 1 N–H and O–H groups in total. The minimum Gasteiger partial charge on any atom is -0.326 e. The van der Waals surface area contributed by atoms with Gasteiger partial charge in [0.05, 0.1) is 10.2 Å². The van der Waals surface area contributed by atoms with Crippen LogP contribution in [0.4, 0.5) is 5.69 Å². The van der Waals surface area contributed by atoms with Crippen LogP contribution in [-0.4, -0.2) is 10.5 Å². The van der Waals surface area contributed by atoms with Gasteiger partial charge in [0.1, 0.15) is 0 Å². The summed E-state index contributed by atoms with van der Waals surface area (Å²) in [4.78, 5) is 24.2. The standard InChI is InChI=1S/C18H22N2O2S/c1-2-10-20-15-9-8-14(12-16(15)23-18(20)22)19-17(21)11-13-6-4-3-5-7-13/h2,8-9,12-13H,1,3-7,10-11H2,(H,19,21). The maximum absolute atomic E-state index is 12.2. The lowest BCUT2D eigenvalue weighted by Gasteiger charge is -2.20. The van der Waals surface area contributed by atoms with Crippen LogP contribution in [0.5, 0.6) is 0 Å². The summed E-state index contributed by atoms with van der Waals surface area (Å²) in [5.74, 6) is 0.603. The highest BCUT2D eigenvalue weighted by Gasteiger charge is 2.17. The van der Waals surface area contributed by atoms with Gasteiger partial charge in [0.25, 0.3) is 0 Å². The van der Waals surface area contributed by atoms with Gasteiger partial charge in [-0.3, -0.25) is 14.2 Å². The number of nitrogens with zero attached hydrogens (tertiary/aromatic N) is 1. The summed E-state index contributed by atoms with van der Waals surface area (Å²) < 4.78 is 2.59. The van der Waals surface area contributed by atoms with E-state index >= 15 is 0 Å². The van der Waals surface area contributed by atoms with Crippen molar-refractivity contribution in [3.63, 3.8) is 0 Å². The number of rotatable bonds is 5. The van der Waals surface area contributed by atoms with Crippen LogP contribution in [0.1, 0.15) is 38.5 Å². The zero-order chi connectivity index (χ0) is 16.2. The summed E-state index contributed by atoms with van der Waals surface area (Å²) in [5.41, 5.74) is 1.66. The summed E-state index contributed by atoms with van der Waals surface area (Å²) in [7, 11) is 0. The van der Waals surface area contributed by atoms with Gasteiger partial charge in [-0.1, -0.05) is 36.7 Å². The van der Waals surface area contributed by atoms with Crippen LogP contribution in [0.25, 0.3) is 10.2 Å². The zero-order valence-corrected chi connectivity index (χ0v) is 14.0. The molecule has 0 bridgehead atoms. The Balaban J connectivity index is 1.71. The van der Waals surface area contributed by atoms with E-state index in [1.807, 2.05) is 18.2 Å². The molecular weight excluding hydrogens is 308 g/mol. The number of allylic oxidation sites excluding steroid dienone is 1. The number of fused-ring (bicyclic) bond motifs is 1. The number of benzene rings is 1. The second-order valence-corrected chi connectivity index (χ2v) is 7.20. The number of aromatic nitrogens is 1. The molecule has 0 unspecified atom stereocenters. The van der Waals surface area contributed by atoms with Gasteiger partial charge in [0.2, 0.25) is 5.91 Å². The fourth-order valence-corrected chi connectivity index (χ4v) is 4.25. The van der Waals surface area contributed by atoms with E-state index < -0.39 is 0 Å². The molecule has 1 aliphatic carbocycles. The highest BCUT2D eigenvalue weighted by Crippen LogP contribution is 2.27. The summed E-state index contributed by atoms with van der Waals surface area (Å²) in [6, 6.07) is 5.65. The molecule has 2 aromatic rings. The predicted molar refractivity (Wildman–Crippen MR) is 96.1 cm³/mol. The van der Waals surface area contributed by atoms with Gasteiger partial charge in [0.15, 0.2) is 0 Å². The lowest BCUT2D eigenvalue weighted by atomic mass is 9.87. The van der Waals surface area contributed by atoms with Crippen molar-refractivity contribution in [1.29, 1.82) is 0 Å². The van der Waals surface area contributed by atoms with E-state index in [4.69, 9.17) is 0 Å². The van der Waals surface area contributed by atoms with Crippen molar-refractivity contribution in [3.8, 4) is 0 Å². The zero-order valence-electron chi connectivity index (χ0n) is 13.2. The van der Waals surface area contributed by atoms with E-state index in [-0.39, 0.29) is 10.8 Å². The third kappa shape index (κ3) is 3.72. The smallest absolute Gasteiger partial charge is 0.308 e. The molecule has 1 fully saturated rings. The Kier molecular flexibility index (Phi) is 4.96. The Morgan fingerprint density at radius 1 is 1.35 bits per heavy atom.